The van der Waals surface area contributed by atoms with Crippen LogP contribution in [0.5, 0.6) is 0 Å². The molecule has 0 radical (unpaired) electrons. The van der Waals surface area contributed by atoms with E-state index in [1.54, 1.807) is 18.6 Å². The number of hydrazone groups is 1. The van der Waals surface area contributed by atoms with E-state index in [4.69, 9.17) is 18.7 Å². The number of ether oxygens (including phenoxy) is 1. The van der Waals surface area contributed by atoms with Crippen LogP contribution in [0, 0.1) is 5.92 Å². The predicted octanol–water partition coefficient (Wildman–Crippen LogP) is 3.98. The molecule has 36 heavy (non-hydrogen) atoms. The Labute approximate surface area is 205 Å². The zero-order valence-electron chi connectivity index (χ0n) is 19.3. The lowest BCUT2D eigenvalue weighted by Crippen LogP contribution is -2.34. The molecule has 0 spiro atoms. The van der Waals surface area contributed by atoms with Crippen LogP contribution in [-0.2, 0) is 20.9 Å². The van der Waals surface area contributed by atoms with E-state index in [0.29, 0.717) is 16.8 Å². The Morgan fingerprint density at radius 1 is 1.08 bits per heavy atom. The molecule has 2 atom stereocenters. The molecule has 1 saturated carbocycles. The second kappa shape index (κ2) is 9.29. The van der Waals surface area contributed by atoms with Crippen LogP contribution >= 0.6 is 0 Å². The van der Waals surface area contributed by atoms with Gasteiger partial charge in [-0.25, -0.2) is 9.69 Å². The van der Waals surface area contributed by atoms with E-state index < -0.39 is 24.5 Å². The van der Waals surface area contributed by atoms with Crippen LogP contribution in [0.2, 0.25) is 0 Å². The Morgan fingerprint density at radius 3 is 2.78 bits per heavy atom. The summed E-state index contributed by atoms with van der Waals surface area (Å²) in [6, 6.07) is 14.3. The van der Waals surface area contributed by atoms with Crippen molar-refractivity contribution in [2.75, 3.05) is 6.61 Å². The van der Waals surface area contributed by atoms with Gasteiger partial charge in [0.25, 0.3) is 5.91 Å². The summed E-state index contributed by atoms with van der Waals surface area (Å²) in [5.74, 6) is 0.352. The molecular formula is C26H23N5O5. The molecule has 1 fully saturated rings. The van der Waals surface area contributed by atoms with E-state index in [1.807, 2.05) is 48.5 Å². The third-order valence-electron chi connectivity index (χ3n) is 6.51. The second-order valence-electron chi connectivity index (χ2n) is 8.76. The van der Waals surface area contributed by atoms with Gasteiger partial charge in [0.15, 0.2) is 6.61 Å². The maximum Gasteiger partial charge on any atom is 0.328 e. The van der Waals surface area contributed by atoms with E-state index in [9.17, 15) is 9.59 Å². The number of aromatic nitrogens is 3. The maximum absolute atomic E-state index is 13.3. The van der Waals surface area contributed by atoms with Gasteiger partial charge in [0.1, 0.15) is 29.6 Å². The number of allylic oxidation sites excluding steroid dienone is 1. The SMILES string of the molecule is O=C(Cn1nnc2ccccc21)OCC(=O)N1N=C2C(=Cc3ccco3)CCCC2C1c1ccco1. The molecule has 10 nitrogen and oxygen atoms in total. The van der Waals surface area contributed by atoms with E-state index in [2.05, 4.69) is 10.3 Å². The van der Waals surface area contributed by atoms with E-state index in [-0.39, 0.29) is 12.5 Å². The lowest BCUT2D eigenvalue weighted by molar-refractivity contribution is -0.153. The maximum atomic E-state index is 13.3. The highest BCUT2D eigenvalue weighted by molar-refractivity contribution is 6.08. The summed E-state index contributed by atoms with van der Waals surface area (Å²) in [5.41, 5.74) is 3.26. The molecule has 0 saturated heterocycles. The minimum Gasteiger partial charge on any atom is -0.467 e. The molecule has 2 aliphatic rings. The van der Waals surface area contributed by atoms with Gasteiger partial charge in [0, 0.05) is 5.92 Å². The molecule has 1 aromatic carbocycles. The smallest absolute Gasteiger partial charge is 0.328 e. The van der Waals surface area contributed by atoms with E-state index >= 15 is 0 Å². The molecule has 1 amide bonds. The minimum atomic E-state index is -0.587. The Hall–Kier alpha value is -4.47. The largest absolute Gasteiger partial charge is 0.467 e. The minimum absolute atomic E-state index is 0.0210. The summed E-state index contributed by atoms with van der Waals surface area (Å²) in [5, 5.41) is 14.1. The molecule has 182 valence electrons. The molecule has 3 aromatic heterocycles. The molecule has 1 aliphatic carbocycles. The second-order valence-corrected chi connectivity index (χ2v) is 8.76. The molecule has 0 N–H and O–H groups in total. The Kier molecular flexibility index (Phi) is 5.68. The van der Waals surface area contributed by atoms with Crippen molar-refractivity contribution in [1.29, 1.82) is 0 Å². The number of esters is 1. The fourth-order valence-corrected chi connectivity index (χ4v) is 4.90. The number of para-hydroxylation sites is 1. The first-order valence-corrected chi connectivity index (χ1v) is 11.8. The van der Waals surface area contributed by atoms with Gasteiger partial charge in [-0.05, 0) is 67.3 Å². The van der Waals surface area contributed by atoms with Crippen molar-refractivity contribution in [3.05, 3.63) is 78.2 Å². The van der Waals surface area contributed by atoms with Crippen molar-refractivity contribution in [2.45, 2.75) is 31.8 Å². The van der Waals surface area contributed by atoms with Gasteiger partial charge in [0.05, 0.1) is 23.8 Å². The number of nitrogens with zero attached hydrogens (tertiary/aromatic N) is 5. The van der Waals surface area contributed by atoms with Crippen molar-refractivity contribution >= 4 is 34.7 Å². The van der Waals surface area contributed by atoms with Crippen LogP contribution in [0.1, 0.15) is 36.8 Å². The van der Waals surface area contributed by atoms with Crippen LogP contribution in [0.3, 0.4) is 0 Å². The summed E-state index contributed by atoms with van der Waals surface area (Å²) in [4.78, 5) is 25.8. The lowest BCUT2D eigenvalue weighted by atomic mass is 9.79. The van der Waals surface area contributed by atoms with Crippen LogP contribution in [-0.4, -0.2) is 44.2 Å². The molecule has 4 heterocycles. The highest BCUT2D eigenvalue weighted by atomic mass is 16.5. The number of rotatable bonds is 6. The fourth-order valence-electron chi connectivity index (χ4n) is 4.90. The van der Waals surface area contributed by atoms with Gasteiger partial charge in [-0.3, -0.25) is 9.59 Å². The van der Waals surface area contributed by atoms with Gasteiger partial charge in [-0.15, -0.1) is 5.10 Å². The van der Waals surface area contributed by atoms with Gasteiger partial charge >= 0.3 is 5.97 Å². The van der Waals surface area contributed by atoms with Crippen molar-refractivity contribution in [1.82, 2.24) is 20.0 Å². The quantitative estimate of drug-likeness (QED) is 0.379. The standard InChI is InChI=1S/C26H23N5O5/c32-23(16-36-24(33)15-30-21-10-2-1-9-20(21)27-29-30)31-26(22-11-5-13-35-22)19-8-3-6-17(25(19)28-31)14-18-7-4-12-34-18/h1-2,4-5,7,9-14,19,26H,3,6,8,15-16H2. The number of amides is 1. The Morgan fingerprint density at radius 2 is 1.94 bits per heavy atom. The third-order valence-corrected chi connectivity index (χ3v) is 6.51. The average Bonchev–Trinajstić information content (AvgIpc) is 3.69. The molecular weight excluding hydrogens is 462 g/mol. The highest BCUT2D eigenvalue weighted by Crippen LogP contribution is 2.44. The van der Waals surface area contributed by atoms with Crippen molar-refractivity contribution in [3.63, 3.8) is 0 Å². The van der Waals surface area contributed by atoms with Crippen molar-refractivity contribution in [2.24, 2.45) is 11.0 Å². The molecule has 0 bridgehead atoms. The van der Waals surface area contributed by atoms with Gasteiger partial charge < -0.3 is 13.6 Å². The number of carbonyl (C=O) groups is 2. The molecule has 6 rings (SSSR count). The van der Waals surface area contributed by atoms with Crippen LogP contribution in [0.25, 0.3) is 17.1 Å². The molecule has 1 aliphatic heterocycles. The zero-order valence-corrected chi connectivity index (χ0v) is 19.3. The summed E-state index contributed by atoms with van der Waals surface area (Å²) >= 11 is 0. The van der Waals surface area contributed by atoms with Gasteiger partial charge in [-0.1, -0.05) is 17.3 Å². The average molecular weight is 486 g/mol. The summed E-state index contributed by atoms with van der Waals surface area (Å²) in [6.07, 6.45) is 7.84. The Balaban J connectivity index is 1.20. The highest BCUT2D eigenvalue weighted by Gasteiger charge is 2.45. The topological polar surface area (TPSA) is 116 Å². The summed E-state index contributed by atoms with van der Waals surface area (Å²) in [7, 11) is 0. The van der Waals surface area contributed by atoms with Crippen LogP contribution in [0.15, 0.2) is 80.6 Å². The number of carbonyl (C=O) groups excluding carboxylic acids is 2. The van der Waals surface area contributed by atoms with Gasteiger partial charge in [0.2, 0.25) is 0 Å². The monoisotopic (exact) mass is 485 g/mol. The third kappa shape index (κ3) is 4.10. The van der Waals surface area contributed by atoms with Crippen LogP contribution < -0.4 is 0 Å². The molecule has 2 unspecified atom stereocenters. The van der Waals surface area contributed by atoms with Crippen molar-refractivity contribution < 1.29 is 23.2 Å². The first-order valence-electron chi connectivity index (χ1n) is 11.8. The number of hydrogen-bond acceptors (Lipinski definition) is 8. The van der Waals surface area contributed by atoms with Crippen molar-refractivity contribution in [3.8, 4) is 0 Å². The molecule has 4 aromatic rings. The molecule has 10 heteroatoms. The fraction of sp³-hybridized carbons (Fsp3) is 0.269. The first-order chi connectivity index (χ1) is 17.7. The zero-order chi connectivity index (χ0) is 24.5. The Bertz CT molecular complexity index is 1450. The van der Waals surface area contributed by atoms with E-state index in [1.165, 1.54) is 9.69 Å². The van der Waals surface area contributed by atoms with Crippen LogP contribution in [0.4, 0.5) is 0 Å². The number of benzene rings is 1. The number of furan rings is 2. The van der Waals surface area contributed by atoms with E-state index in [0.717, 1.165) is 36.3 Å². The lowest BCUT2D eigenvalue weighted by Gasteiger charge is -2.27. The number of hydrogen-bond donors (Lipinski definition) is 0. The predicted molar refractivity (Wildman–Crippen MR) is 128 cm³/mol. The number of fused-ring (bicyclic) bond motifs is 2. The normalized spacial score (nSPS) is 20.5. The first kappa shape index (κ1) is 22.0. The van der Waals surface area contributed by atoms with Gasteiger partial charge in [-0.2, -0.15) is 5.10 Å². The summed E-state index contributed by atoms with van der Waals surface area (Å²) in [6.45, 7) is -0.591. The summed E-state index contributed by atoms with van der Waals surface area (Å²) < 4.78 is 18.0.